The Hall–Kier alpha value is -1.82. The summed E-state index contributed by atoms with van der Waals surface area (Å²) in [7, 11) is 0. The fraction of sp³-hybridized carbons (Fsp3) is 0.467. The van der Waals surface area contributed by atoms with E-state index < -0.39 is 0 Å². The fourth-order valence-electron chi connectivity index (χ4n) is 2.21. The molecule has 0 fully saturated rings. The third-order valence-corrected chi connectivity index (χ3v) is 4.33. The summed E-state index contributed by atoms with van der Waals surface area (Å²) < 4.78 is 0. The molecule has 0 aliphatic rings. The topological polar surface area (TPSA) is 67.8 Å². The van der Waals surface area contributed by atoms with E-state index in [-0.39, 0.29) is 5.91 Å². The molecule has 6 heteroatoms. The number of amides is 1. The normalized spacial score (nSPS) is 10.9. The molecule has 112 valence electrons. The number of hydrogen-bond donors (Lipinski definition) is 1. The quantitative estimate of drug-likeness (QED) is 0.914. The first-order valence-corrected chi connectivity index (χ1v) is 7.95. The van der Waals surface area contributed by atoms with Crippen LogP contribution in [0.3, 0.4) is 0 Å². The number of aromatic nitrogens is 3. The van der Waals surface area contributed by atoms with Gasteiger partial charge in [0.25, 0.3) is 5.91 Å². The highest BCUT2D eigenvalue weighted by molar-refractivity contribution is 7.15. The molecule has 0 radical (unpaired) electrons. The predicted molar refractivity (Wildman–Crippen MR) is 84.9 cm³/mol. The Labute approximate surface area is 128 Å². The monoisotopic (exact) mass is 304 g/mol. The van der Waals surface area contributed by atoms with Gasteiger partial charge >= 0.3 is 0 Å². The van der Waals surface area contributed by atoms with E-state index in [2.05, 4.69) is 34.3 Å². The second kappa shape index (κ2) is 6.76. The molecule has 1 N–H and O–H groups in total. The summed E-state index contributed by atoms with van der Waals surface area (Å²) in [5.74, 6) is 0.168. The Morgan fingerprint density at radius 3 is 2.57 bits per heavy atom. The maximum atomic E-state index is 12.2. The molecule has 0 unspecified atom stereocenters. The highest BCUT2D eigenvalue weighted by Crippen LogP contribution is 2.28. The van der Waals surface area contributed by atoms with Crippen molar-refractivity contribution in [3.63, 3.8) is 0 Å². The van der Waals surface area contributed by atoms with Gasteiger partial charge in [-0.1, -0.05) is 25.2 Å². The van der Waals surface area contributed by atoms with Crippen molar-refractivity contribution in [3.05, 3.63) is 34.1 Å². The van der Waals surface area contributed by atoms with E-state index in [9.17, 15) is 4.79 Å². The summed E-state index contributed by atoms with van der Waals surface area (Å²) in [5, 5.41) is 12.5. The summed E-state index contributed by atoms with van der Waals surface area (Å²) >= 11 is 1.44. The maximum Gasteiger partial charge on any atom is 0.276 e. The van der Waals surface area contributed by atoms with Gasteiger partial charge in [-0.05, 0) is 44.4 Å². The Balaban J connectivity index is 2.12. The van der Waals surface area contributed by atoms with Gasteiger partial charge in [0.1, 0.15) is 10.7 Å². The second-order valence-corrected chi connectivity index (χ2v) is 6.09. The average Bonchev–Trinajstić information content (AvgIpc) is 2.87. The second-order valence-electron chi connectivity index (χ2n) is 5.08. The number of anilines is 1. The molecular formula is C15H20N4OS. The van der Waals surface area contributed by atoms with Crippen molar-refractivity contribution < 1.29 is 4.79 Å². The smallest absolute Gasteiger partial charge is 0.276 e. The van der Waals surface area contributed by atoms with Crippen LogP contribution in [-0.2, 0) is 0 Å². The van der Waals surface area contributed by atoms with Crippen LogP contribution in [0.25, 0.3) is 0 Å². The van der Waals surface area contributed by atoms with E-state index in [4.69, 9.17) is 0 Å². The first-order chi connectivity index (χ1) is 10.0. The molecule has 0 saturated carbocycles. The van der Waals surface area contributed by atoms with Gasteiger partial charge in [0.15, 0.2) is 0 Å². The lowest BCUT2D eigenvalue weighted by Crippen LogP contribution is -2.14. The molecule has 2 aromatic heterocycles. The van der Waals surface area contributed by atoms with Crippen molar-refractivity contribution in [2.24, 2.45) is 0 Å². The lowest BCUT2D eigenvalue weighted by molar-refractivity contribution is 0.102. The molecule has 0 bridgehead atoms. The zero-order chi connectivity index (χ0) is 15.4. The molecule has 0 aromatic carbocycles. The van der Waals surface area contributed by atoms with E-state index in [0.29, 0.717) is 16.7 Å². The molecule has 2 aromatic rings. The first-order valence-electron chi connectivity index (χ1n) is 7.13. The van der Waals surface area contributed by atoms with E-state index in [1.165, 1.54) is 11.3 Å². The van der Waals surface area contributed by atoms with Crippen molar-refractivity contribution in [1.82, 2.24) is 15.2 Å². The Morgan fingerprint density at radius 2 is 1.95 bits per heavy atom. The van der Waals surface area contributed by atoms with E-state index >= 15 is 0 Å². The van der Waals surface area contributed by atoms with Crippen LogP contribution in [0.15, 0.2) is 12.1 Å². The third-order valence-electron chi connectivity index (χ3n) is 3.33. The molecular weight excluding hydrogens is 284 g/mol. The summed E-state index contributed by atoms with van der Waals surface area (Å²) in [5.41, 5.74) is 2.25. The van der Waals surface area contributed by atoms with Gasteiger partial charge in [0, 0.05) is 11.6 Å². The van der Waals surface area contributed by atoms with Crippen LogP contribution in [-0.4, -0.2) is 21.1 Å². The number of carbonyl (C=O) groups excluding carboxylic acids is 1. The lowest BCUT2D eigenvalue weighted by Gasteiger charge is -2.06. The number of carbonyl (C=O) groups is 1. The van der Waals surface area contributed by atoms with Crippen LogP contribution in [0.1, 0.15) is 59.4 Å². The molecule has 0 aliphatic carbocycles. The van der Waals surface area contributed by atoms with Gasteiger partial charge in [-0.3, -0.25) is 10.1 Å². The van der Waals surface area contributed by atoms with Crippen LogP contribution >= 0.6 is 11.3 Å². The minimum absolute atomic E-state index is 0.242. The van der Waals surface area contributed by atoms with Crippen LogP contribution in [0.5, 0.6) is 0 Å². The standard InChI is InChI=1S/C15H20N4OS/c1-5-11(6-2)14-18-19-15(21-14)17-13(20)12-8-9(3)7-10(4)16-12/h7-8,11H,5-6H2,1-4H3,(H,17,19,20). The number of nitrogens with zero attached hydrogens (tertiary/aromatic N) is 3. The Bertz CT molecular complexity index is 614. The predicted octanol–water partition coefficient (Wildman–Crippen LogP) is 3.71. The van der Waals surface area contributed by atoms with Crippen molar-refractivity contribution in [3.8, 4) is 0 Å². The lowest BCUT2D eigenvalue weighted by atomic mass is 10.1. The molecule has 1 amide bonds. The Morgan fingerprint density at radius 1 is 1.24 bits per heavy atom. The zero-order valence-electron chi connectivity index (χ0n) is 12.8. The molecule has 0 aliphatic heterocycles. The average molecular weight is 304 g/mol. The fourth-order valence-corrected chi connectivity index (χ4v) is 3.21. The largest absolute Gasteiger partial charge is 0.295 e. The highest BCUT2D eigenvalue weighted by atomic mass is 32.1. The van der Waals surface area contributed by atoms with Crippen LogP contribution < -0.4 is 5.32 Å². The summed E-state index contributed by atoms with van der Waals surface area (Å²) in [6, 6.07) is 3.71. The summed E-state index contributed by atoms with van der Waals surface area (Å²) in [6.07, 6.45) is 2.05. The molecule has 0 spiro atoms. The van der Waals surface area contributed by atoms with Gasteiger partial charge in [-0.2, -0.15) is 0 Å². The van der Waals surface area contributed by atoms with Crippen molar-refractivity contribution in [1.29, 1.82) is 0 Å². The first kappa shape index (κ1) is 15.6. The summed E-state index contributed by atoms with van der Waals surface area (Å²) in [4.78, 5) is 16.5. The maximum absolute atomic E-state index is 12.2. The van der Waals surface area contributed by atoms with Gasteiger partial charge in [-0.15, -0.1) is 10.2 Å². The number of pyridine rings is 1. The minimum atomic E-state index is -0.242. The zero-order valence-corrected chi connectivity index (χ0v) is 13.6. The van der Waals surface area contributed by atoms with E-state index in [1.807, 2.05) is 19.9 Å². The van der Waals surface area contributed by atoms with Gasteiger partial charge in [0.05, 0.1) is 0 Å². The molecule has 2 rings (SSSR count). The van der Waals surface area contributed by atoms with Gasteiger partial charge in [0.2, 0.25) is 5.13 Å². The molecule has 5 nitrogen and oxygen atoms in total. The van der Waals surface area contributed by atoms with Crippen molar-refractivity contribution in [2.45, 2.75) is 46.5 Å². The molecule has 0 atom stereocenters. The highest BCUT2D eigenvalue weighted by Gasteiger charge is 2.16. The number of aryl methyl sites for hydroxylation is 2. The summed E-state index contributed by atoms with van der Waals surface area (Å²) in [6.45, 7) is 8.09. The minimum Gasteiger partial charge on any atom is -0.295 e. The molecule has 0 saturated heterocycles. The Kier molecular flexibility index (Phi) is 5.01. The van der Waals surface area contributed by atoms with E-state index in [0.717, 1.165) is 29.1 Å². The van der Waals surface area contributed by atoms with Crippen molar-refractivity contribution >= 4 is 22.4 Å². The molecule has 21 heavy (non-hydrogen) atoms. The third kappa shape index (κ3) is 3.85. The van der Waals surface area contributed by atoms with Gasteiger partial charge in [-0.25, -0.2) is 4.98 Å². The van der Waals surface area contributed by atoms with Crippen LogP contribution in [0, 0.1) is 13.8 Å². The SMILES string of the molecule is CCC(CC)c1nnc(NC(=O)c2cc(C)cc(C)n2)s1. The number of hydrogen-bond acceptors (Lipinski definition) is 5. The van der Waals surface area contributed by atoms with Crippen LogP contribution in [0.4, 0.5) is 5.13 Å². The number of rotatable bonds is 5. The van der Waals surface area contributed by atoms with Crippen molar-refractivity contribution in [2.75, 3.05) is 5.32 Å². The molecule has 2 heterocycles. The van der Waals surface area contributed by atoms with Crippen LogP contribution in [0.2, 0.25) is 0 Å². The van der Waals surface area contributed by atoms with E-state index in [1.54, 1.807) is 6.07 Å². The number of nitrogens with one attached hydrogen (secondary N) is 1. The van der Waals surface area contributed by atoms with Gasteiger partial charge < -0.3 is 0 Å².